The minimum Gasteiger partial charge on any atom is -0.441 e. The van der Waals surface area contributed by atoms with Gasteiger partial charge in [0.05, 0.1) is 23.4 Å². The summed E-state index contributed by atoms with van der Waals surface area (Å²) < 4.78 is 5.81. The number of carbonyl (C=O) groups is 3. The van der Waals surface area contributed by atoms with Crippen LogP contribution < -0.4 is 10.2 Å². The van der Waals surface area contributed by atoms with E-state index >= 15 is 0 Å². The quantitative estimate of drug-likeness (QED) is 0.482. The molecule has 2 aromatic carbocycles. The molecule has 2 fully saturated rings. The average molecular weight is 512 g/mol. The number of hydrogen-bond donors (Lipinski definition) is 1. The van der Waals surface area contributed by atoms with Crippen LogP contribution in [0.15, 0.2) is 67.1 Å². The number of benzene rings is 2. The van der Waals surface area contributed by atoms with Gasteiger partial charge in [-0.2, -0.15) is 0 Å². The molecule has 6 rings (SSSR count). The van der Waals surface area contributed by atoms with Crippen molar-refractivity contribution < 1.29 is 19.1 Å². The van der Waals surface area contributed by atoms with Crippen LogP contribution >= 0.6 is 0 Å². The van der Waals surface area contributed by atoms with Crippen LogP contribution in [-0.2, 0) is 4.74 Å². The minimum atomic E-state index is -0.629. The number of anilines is 2. The molecule has 9 nitrogen and oxygen atoms in total. The van der Waals surface area contributed by atoms with Gasteiger partial charge in [-0.25, -0.2) is 19.7 Å². The van der Waals surface area contributed by atoms with Crippen molar-refractivity contribution in [3.05, 3.63) is 83.8 Å². The molecular formula is C29H29N5O4. The number of nitrogens with one attached hydrogen (secondary N) is 1. The summed E-state index contributed by atoms with van der Waals surface area (Å²) in [4.78, 5) is 50.6. The fraction of sp³-hybridized carbons (Fsp3) is 0.345. The Morgan fingerprint density at radius 1 is 0.895 bits per heavy atom. The highest BCUT2D eigenvalue weighted by Crippen LogP contribution is 2.45. The third-order valence-electron chi connectivity index (χ3n) is 7.77. The topological polar surface area (TPSA) is 105 Å². The van der Waals surface area contributed by atoms with Gasteiger partial charge in [0.1, 0.15) is 17.6 Å². The highest BCUT2D eigenvalue weighted by Gasteiger charge is 2.51. The summed E-state index contributed by atoms with van der Waals surface area (Å²) in [6.07, 6.45) is 5.80. The lowest BCUT2D eigenvalue weighted by molar-refractivity contribution is 0.0664. The average Bonchev–Trinajstić information content (AvgIpc) is 3.32. The van der Waals surface area contributed by atoms with Gasteiger partial charge in [-0.1, -0.05) is 42.5 Å². The molecule has 1 unspecified atom stereocenters. The van der Waals surface area contributed by atoms with Gasteiger partial charge in [0.15, 0.2) is 5.82 Å². The molecule has 9 heteroatoms. The smallest absolute Gasteiger partial charge is 0.411 e. The first-order valence-corrected chi connectivity index (χ1v) is 13.0. The predicted molar refractivity (Wildman–Crippen MR) is 141 cm³/mol. The van der Waals surface area contributed by atoms with Crippen LogP contribution in [0.5, 0.6) is 0 Å². The summed E-state index contributed by atoms with van der Waals surface area (Å²) in [5, 5.41) is 3.44. The first-order chi connectivity index (χ1) is 18.3. The predicted octanol–water partition coefficient (Wildman–Crippen LogP) is 4.97. The highest BCUT2D eigenvalue weighted by atomic mass is 16.6. The number of imide groups is 1. The number of hydrogen-bond acceptors (Lipinski definition) is 7. The summed E-state index contributed by atoms with van der Waals surface area (Å²) in [6.45, 7) is 3.93. The number of aromatic nitrogens is 2. The first kappa shape index (κ1) is 24.1. The number of amides is 3. The lowest BCUT2D eigenvalue weighted by atomic mass is 9.86. The van der Waals surface area contributed by atoms with Crippen molar-refractivity contribution >= 4 is 29.4 Å². The molecule has 1 atom stereocenters. The van der Waals surface area contributed by atoms with E-state index < -0.39 is 5.60 Å². The van der Waals surface area contributed by atoms with E-state index in [1.54, 1.807) is 24.3 Å². The van der Waals surface area contributed by atoms with Gasteiger partial charge >= 0.3 is 6.09 Å². The molecule has 1 aliphatic carbocycles. The monoisotopic (exact) mass is 511 g/mol. The van der Waals surface area contributed by atoms with Crippen LogP contribution in [0.3, 0.4) is 0 Å². The van der Waals surface area contributed by atoms with Crippen molar-refractivity contribution in [2.24, 2.45) is 0 Å². The van der Waals surface area contributed by atoms with Crippen molar-refractivity contribution in [2.45, 2.75) is 63.3 Å². The standard InChI is InChI=1S/C29H29N5O4/c1-29(2)24(18-8-4-3-5-9-18)33(28(37)38-29)20-14-12-19(13-15-20)32-25-23(16-30-17-31-25)34-26(35)21-10-6-7-11-22(21)27(34)36/h3-11,16-17,19-20,24H,12-15H2,1-2H3,(H,30,31,32)/t19-,20-,24?. The van der Waals surface area contributed by atoms with Gasteiger partial charge in [0.2, 0.25) is 0 Å². The molecule has 0 bridgehead atoms. The Balaban J connectivity index is 1.18. The number of rotatable bonds is 5. The Morgan fingerprint density at radius 2 is 1.53 bits per heavy atom. The van der Waals surface area contributed by atoms with Gasteiger partial charge < -0.3 is 10.1 Å². The van der Waals surface area contributed by atoms with Crippen LogP contribution in [0.1, 0.15) is 71.9 Å². The molecule has 3 heterocycles. The van der Waals surface area contributed by atoms with Crippen LogP contribution in [0.2, 0.25) is 0 Å². The molecule has 1 N–H and O–H groups in total. The number of nitrogens with zero attached hydrogens (tertiary/aromatic N) is 4. The van der Waals surface area contributed by atoms with Crippen molar-refractivity contribution in [3.8, 4) is 0 Å². The van der Waals surface area contributed by atoms with Crippen molar-refractivity contribution in [2.75, 3.05) is 10.2 Å². The van der Waals surface area contributed by atoms with Crippen LogP contribution in [-0.4, -0.2) is 50.5 Å². The Hall–Kier alpha value is -4.27. The zero-order chi connectivity index (χ0) is 26.4. The normalized spacial score (nSPS) is 24.4. The second-order valence-corrected chi connectivity index (χ2v) is 10.6. The lowest BCUT2D eigenvalue weighted by Crippen LogP contribution is -2.44. The summed E-state index contributed by atoms with van der Waals surface area (Å²) in [5.74, 6) is -0.314. The maximum Gasteiger partial charge on any atom is 0.411 e. The molecule has 1 aromatic heterocycles. The maximum atomic E-state index is 13.0. The van der Waals surface area contributed by atoms with E-state index in [0.29, 0.717) is 22.6 Å². The molecule has 0 radical (unpaired) electrons. The molecule has 38 heavy (non-hydrogen) atoms. The molecule has 3 aromatic rings. The van der Waals surface area contributed by atoms with E-state index in [0.717, 1.165) is 36.1 Å². The maximum absolute atomic E-state index is 13.0. The van der Waals surface area contributed by atoms with Crippen LogP contribution in [0.4, 0.5) is 16.3 Å². The zero-order valence-electron chi connectivity index (χ0n) is 21.3. The van der Waals surface area contributed by atoms with Crippen molar-refractivity contribution in [1.82, 2.24) is 14.9 Å². The fourth-order valence-corrected chi connectivity index (χ4v) is 6.03. The summed E-state index contributed by atoms with van der Waals surface area (Å²) in [6, 6.07) is 16.8. The third-order valence-corrected chi connectivity index (χ3v) is 7.77. The number of cyclic esters (lactones) is 1. The number of carbonyl (C=O) groups excluding carboxylic acids is 3. The zero-order valence-corrected chi connectivity index (χ0v) is 21.3. The lowest BCUT2D eigenvalue weighted by Gasteiger charge is -2.38. The van der Waals surface area contributed by atoms with E-state index in [9.17, 15) is 14.4 Å². The van der Waals surface area contributed by atoms with Gasteiger partial charge in [0, 0.05) is 12.1 Å². The molecule has 0 spiro atoms. The Bertz CT molecular complexity index is 1370. The van der Waals surface area contributed by atoms with Crippen molar-refractivity contribution in [3.63, 3.8) is 0 Å². The van der Waals surface area contributed by atoms with E-state index in [2.05, 4.69) is 15.3 Å². The Labute approximate surface area is 220 Å². The summed E-state index contributed by atoms with van der Waals surface area (Å²) >= 11 is 0. The molecule has 3 aliphatic rings. The van der Waals surface area contributed by atoms with Crippen LogP contribution in [0, 0.1) is 0 Å². The van der Waals surface area contributed by atoms with Crippen LogP contribution in [0.25, 0.3) is 0 Å². The van der Waals surface area contributed by atoms with E-state index in [-0.39, 0.29) is 36.0 Å². The minimum absolute atomic E-state index is 0.0497. The van der Waals surface area contributed by atoms with Gasteiger partial charge in [-0.15, -0.1) is 0 Å². The molecule has 194 valence electrons. The second-order valence-electron chi connectivity index (χ2n) is 10.6. The Morgan fingerprint density at radius 3 is 2.18 bits per heavy atom. The largest absolute Gasteiger partial charge is 0.441 e. The van der Waals surface area contributed by atoms with E-state index in [1.165, 1.54) is 12.5 Å². The molecule has 2 aliphatic heterocycles. The van der Waals surface area contributed by atoms with Gasteiger partial charge in [-0.05, 0) is 57.2 Å². The number of ether oxygens (including phenoxy) is 1. The first-order valence-electron chi connectivity index (χ1n) is 13.0. The van der Waals surface area contributed by atoms with Gasteiger partial charge in [0.25, 0.3) is 11.8 Å². The van der Waals surface area contributed by atoms with Crippen molar-refractivity contribution in [1.29, 1.82) is 0 Å². The second kappa shape index (κ2) is 9.24. The molecule has 3 amide bonds. The molecule has 1 saturated heterocycles. The molecule has 1 saturated carbocycles. The summed E-state index contributed by atoms with van der Waals surface area (Å²) in [5.41, 5.74) is 1.53. The summed E-state index contributed by atoms with van der Waals surface area (Å²) in [7, 11) is 0. The Kier molecular flexibility index (Phi) is 5.86. The van der Waals surface area contributed by atoms with Gasteiger partial charge in [-0.3, -0.25) is 14.5 Å². The number of fused-ring (bicyclic) bond motifs is 1. The fourth-order valence-electron chi connectivity index (χ4n) is 6.03. The van der Waals surface area contributed by atoms with E-state index in [1.807, 2.05) is 49.1 Å². The molecular weight excluding hydrogens is 482 g/mol. The third kappa shape index (κ3) is 3.98. The SMILES string of the molecule is CC1(C)OC(=O)N([C@H]2CC[C@H](Nc3ncncc3N3C(=O)c4ccccc4C3=O)CC2)C1c1ccccc1. The highest BCUT2D eigenvalue weighted by molar-refractivity contribution is 6.35. The van der Waals surface area contributed by atoms with E-state index in [4.69, 9.17) is 4.74 Å².